The Labute approximate surface area is 105 Å². The van der Waals surface area contributed by atoms with Gasteiger partial charge in [-0.25, -0.2) is 9.59 Å². The van der Waals surface area contributed by atoms with Gasteiger partial charge in [0.1, 0.15) is 6.04 Å². The Kier molecular flexibility index (Phi) is 4.94. The summed E-state index contributed by atoms with van der Waals surface area (Å²) in [5, 5.41) is 11.2. The van der Waals surface area contributed by atoms with Crippen molar-refractivity contribution in [1.29, 1.82) is 0 Å². The van der Waals surface area contributed by atoms with Crippen molar-refractivity contribution in [3.63, 3.8) is 0 Å². The van der Waals surface area contributed by atoms with Crippen LogP contribution in [0.4, 0.5) is 4.79 Å². The lowest BCUT2D eigenvalue weighted by atomic mass is 10.0. The van der Waals surface area contributed by atoms with Gasteiger partial charge in [-0.2, -0.15) is 0 Å². The predicted molar refractivity (Wildman–Crippen MR) is 63.8 cm³/mol. The van der Waals surface area contributed by atoms with E-state index in [1.54, 1.807) is 4.90 Å². The molecule has 1 rings (SSSR count). The number of carbonyl (C=O) groups excluding carboxylic acids is 2. The monoisotopic (exact) mass is 257 g/mol. The lowest BCUT2D eigenvalue weighted by Gasteiger charge is -2.34. The van der Waals surface area contributed by atoms with E-state index in [1.807, 2.05) is 6.92 Å². The molecule has 3 amide bonds. The molecule has 7 nitrogen and oxygen atoms in total. The van der Waals surface area contributed by atoms with Crippen molar-refractivity contribution < 1.29 is 19.5 Å². The number of nitrogens with two attached hydrogens (primary N) is 1. The topological polar surface area (TPSA) is 113 Å². The van der Waals surface area contributed by atoms with Crippen LogP contribution in [-0.4, -0.2) is 46.5 Å². The molecule has 0 radical (unpaired) electrons. The minimum Gasteiger partial charge on any atom is -0.480 e. The second-order valence-electron chi connectivity index (χ2n) is 4.55. The molecule has 1 aliphatic rings. The highest BCUT2D eigenvalue weighted by atomic mass is 16.4. The first-order valence-corrected chi connectivity index (χ1v) is 6.00. The predicted octanol–water partition coefficient (Wildman–Crippen LogP) is -0.101. The van der Waals surface area contributed by atoms with E-state index in [4.69, 9.17) is 10.8 Å². The van der Waals surface area contributed by atoms with Gasteiger partial charge in [-0.3, -0.25) is 4.79 Å². The molecule has 0 aromatic carbocycles. The van der Waals surface area contributed by atoms with Gasteiger partial charge in [0.15, 0.2) is 0 Å². The first-order chi connectivity index (χ1) is 8.41. The molecule has 0 spiro atoms. The van der Waals surface area contributed by atoms with Crippen LogP contribution in [0.1, 0.15) is 32.6 Å². The van der Waals surface area contributed by atoms with Crippen molar-refractivity contribution in [3.8, 4) is 0 Å². The average molecular weight is 257 g/mol. The SMILES string of the molecule is CC1CCCCN1C(=O)N[C@@H](CC(N)=O)C(=O)O. The molecule has 0 aliphatic carbocycles. The number of carboxylic acid groups (broad SMARTS) is 1. The fourth-order valence-corrected chi connectivity index (χ4v) is 2.03. The molecule has 0 bridgehead atoms. The van der Waals surface area contributed by atoms with E-state index in [0.29, 0.717) is 6.54 Å². The van der Waals surface area contributed by atoms with Crippen LogP contribution < -0.4 is 11.1 Å². The van der Waals surface area contributed by atoms with Gasteiger partial charge in [0.25, 0.3) is 0 Å². The third-order valence-electron chi connectivity index (χ3n) is 3.06. The lowest BCUT2D eigenvalue weighted by molar-refractivity contribution is -0.141. The molecular weight excluding hydrogens is 238 g/mol. The standard InChI is InChI=1S/C11H19N3O4/c1-7-4-2-3-5-14(7)11(18)13-8(10(16)17)6-9(12)15/h7-8H,2-6H2,1H3,(H2,12,15)(H,13,18)(H,16,17)/t7?,8-/m0/s1. The van der Waals surface area contributed by atoms with Crippen LogP contribution in [0.2, 0.25) is 0 Å². The summed E-state index contributed by atoms with van der Waals surface area (Å²) in [5.41, 5.74) is 4.95. The molecule has 2 atom stereocenters. The summed E-state index contributed by atoms with van der Waals surface area (Å²) in [4.78, 5) is 35.1. The maximum atomic E-state index is 11.9. The third-order valence-corrected chi connectivity index (χ3v) is 3.06. The van der Waals surface area contributed by atoms with Crippen LogP contribution >= 0.6 is 0 Å². The number of primary amides is 1. The Morgan fingerprint density at radius 3 is 2.61 bits per heavy atom. The Hall–Kier alpha value is -1.79. The normalized spacial score (nSPS) is 21.2. The van der Waals surface area contributed by atoms with Gasteiger partial charge in [0.05, 0.1) is 6.42 Å². The number of carboxylic acids is 1. The van der Waals surface area contributed by atoms with E-state index in [1.165, 1.54) is 0 Å². The van der Waals surface area contributed by atoms with Gasteiger partial charge in [-0.05, 0) is 26.2 Å². The summed E-state index contributed by atoms with van der Waals surface area (Å²) < 4.78 is 0. The van der Waals surface area contributed by atoms with E-state index in [2.05, 4.69) is 5.32 Å². The van der Waals surface area contributed by atoms with E-state index < -0.39 is 30.4 Å². The summed E-state index contributed by atoms with van der Waals surface area (Å²) in [6.45, 7) is 2.53. The molecule has 0 saturated carbocycles. The molecule has 7 heteroatoms. The highest BCUT2D eigenvalue weighted by Crippen LogP contribution is 2.16. The van der Waals surface area contributed by atoms with E-state index in [-0.39, 0.29) is 6.04 Å². The molecule has 4 N–H and O–H groups in total. The number of likely N-dealkylation sites (tertiary alicyclic amines) is 1. The van der Waals surface area contributed by atoms with Gasteiger partial charge in [-0.15, -0.1) is 0 Å². The van der Waals surface area contributed by atoms with Crippen LogP contribution in [0.3, 0.4) is 0 Å². The van der Waals surface area contributed by atoms with Crippen LogP contribution in [0.15, 0.2) is 0 Å². The number of carbonyl (C=O) groups is 3. The fraction of sp³-hybridized carbons (Fsp3) is 0.727. The summed E-state index contributed by atoms with van der Waals surface area (Å²) >= 11 is 0. The molecule has 1 saturated heterocycles. The second-order valence-corrected chi connectivity index (χ2v) is 4.55. The van der Waals surface area contributed by atoms with Crippen LogP contribution in [0, 0.1) is 0 Å². The maximum absolute atomic E-state index is 11.9. The highest BCUT2D eigenvalue weighted by Gasteiger charge is 2.28. The van der Waals surface area contributed by atoms with E-state index in [9.17, 15) is 14.4 Å². The van der Waals surface area contributed by atoms with Gasteiger partial charge in [0, 0.05) is 12.6 Å². The van der Waals surface area contributed by atoms with E-state index >= 15 is 0 Å². The average Bonchev–Trinajstić information content (AvgIpc) is 2.27. The second kappa shape index (κ2) is 6.23. The summed E-state index contributed by atoms with van der Waals surface area (Å²) in [7, 11) is 0. The third kappa shape index (κ3) is 3.90. The smallest absolute Gasteiger partial charge is 0.326 e. The first-order valence-electron chi connectivity index (χ1n) is 6.00. The zero-order chi connectivity index (χ0) is 13.7. The Morgan fingerprint density at radius 1 is 1.44 bits per heavy atom. The van der Waals surface area contributed by atoms with Crippen LogP contribution in [0.5, 0.6) is 0 Å². The number of hydrogen-bond donors (Lipinski definition) is 3. The van der Waals surface area contributed by atoms with E-state index in [0.717, 1.165) is 19.3 Å². The minimum atomic E-state index is -1.26. The number of urea groups is 1. The number of nitrogens with one attached hydrogen (secondary N) is 1. The Balaban J connectivity index is 2.59. The van der Waals surface area contributed by atoms with Crippen molar-refractivity contribution in [2.75, 3.05) is 6.54 Å². The summed E-state index contributed by atoms with van der Waals surface area (Å²) in [6.07, 6.45) is 2.48. The number of rotatable bonds is 4. The number of piperidine rings is 1. The number of amides is 3. The summed E-state index contributed by atoms with van der Waals surface area (Å²) in [6, 6.07) is -1.62. The van der Waals surface area contributed by atoms with Gasteiger partial charge >= 0.3 is 12.0 Å². The molecule has 1 heterocycles. The molecule has 0 aromatic rings. The molecule has 102 valence electrons. The van der Waals surface area contributed by atoms with Crippen LogP contribution in [0.25, 0.3) is 0 Å². The van der Waals surface area contributed by atoms with Gasteiger partial charge < -0.3 is 21.1 Å². The quantitative estimate of drug-likeness (QED) is 0.652. The van der Waals surface area contributed by atoms with Crippen molar-refractivity contribution >= 4 is 17.9 Å². The fourth-order valence-electron chi connectivity index (χ4n) is 2.03. The van der Waals surface area contributed by atoms with Crippen molar-refractivity contribution in [1.82, 2.24) is 10.2 Å². The maximum Gasteiger partial charge on any atom is 0.326 e. The van der Waals surface area contributed by atoms with Gasteiger partial charge in [0.2, 0.25) is 5.91 Å². The Morgan fingerprint density at radius 2 is 2.11 bits per heavy atom. The molecule has 18 heavy (non-hydrogen) atoms. The zero-order valence-corrected chi connectivity index (χ0v) is 10.4. The summed E-state index contributed by atoms with van der Waals surface area (Å²) in [5.74, 6) is -2.01. The Bertz CT molecular complexity index is 345. The van der Waals surface area contributed by atoms with Crippen molar-refractivity contribution in [2.45, 2.75) is 44.7 Å². The first kappa shape index (κ1) is 14.3. The minimum absolute atomic E-state index is 0.0850. The number of nitrogens with zero attached hydrogens (tertiary/aromatic N) is 1. The van der Waals surface area contributed by atoms with Crippen molar-refractivity contribution in [2.24, 2.45) is 5.73 Å². The van der Waals surface area contributed by atoms with Crippen LogP contribution in [-0.2, 0) is 9.59 Å². The molecule has 1 aliphatic heterocycles. The molecule has 1 unspecified atom stereocenters. The molecule has 1 fully saturated rings. The molecular formula is C11H19N3O4. The van der Waals surface area contributed by atoms with Crippen molar-refractivity contribution in [3.05, 3.63) is 0 Å². The van der Waals surface area contributed by atoms with Gasteiger partial charge in [-0.1, -0.05) is 0 Å². The number of hydrogen-bond acceptors (Lipinski definition) is 3. The zero-order valence-electron chi connectivity index (χ0n) is 10.4. The largest absolute Gasteiger partial charge is 0.480 e. The number of aliphatic carboxylic acids is 1. The highest BCUT2D eigenvalue weighted by molar-refractivity contribution is 5.87. The molecule has 0 aromatic heterocycles. The lowest BCUT2D eigenvalue weighted by Crippen LogP contribution is -2.53.